The highest BCUT2D eigenvalue weighted by molar-refractivity contribution is 7.89. The van der Waals surface area contributed by atoms with Gasteiger partial charge in [0.15, 0.2) is 0 Å². The van der Waals surface area contributed by atoms with Crippen LogP contribution < -0.4 is 10.0 Å². The van der Waals surface area contributed by atoms with E-state index in [-0.39, 0.29) is 16.8 Å². The number of anilines is 1. The predicted octanol–water partition coefficient (Wildman–Crippen LogP) is 0.499. The number of nitrogens with zero attached hydrogens (tertiary/aromatic N) is 3. The molecule has 3 rings (SSSR count). The maximum absolute atomic E-state index is 11.4. The molecule has 0 bridgehead atoms. The molecule has 0 unspecified atom stereocenters. The molecule has 2 aliphatic rings. The number of sulfonamides is 1. The van der Waals surface area contributed by atoms with Gasteiger partial charge in [0.05, 0.1) is 16.4 Å². The van der Waals surface area contributed by atoms with Gasteiger partial charge < -0.3 is 9.64 Å². The molecule has 1 atom stereocenters. The van der Waals surface area contributed by atoms with Crippen LogP contribution in [0.15, 0.2) is 23.1 Å². The van der Waals surface area contributed by atoms with Crippen molar-refractivity contribution in [2.75, 3.05) is 31.6 Å². The van der Waals surface area contributed by atoms with Crippen LogP contribution in [0.25, 0.3) is 0 Å². The molecule has 9 nitrogen and oxygen atoms in total. The molecular weight excluding hydrogens is 336 g/mol. The van der Waals surface area contributed by atoms with E-state index in [1.807, 2.05) is 0 Å². The van der Waals surface area contributed by atoms with Crippen molar-refractivity contribution in [2.24, 2.45) is 5.14 Å². The summed E-state index contributed by atoms with van der Waals surface area (Å²) in [7, 11) is -2.29. The number of likely N-dealkylation sites (N-methyl/N-ethyl adjacent to an activating group) is 1. The Hall–Kier alpha value is -1.75. The largest absolute Gasteiger partial charge is 0.356 e. The number of nitro benzene ring substituents is 1. The number of primary sulfonamides is 1. The highest BCUT2D eigenvalue weighted by Crippen LogP contribution is 2.33. The van der Waals surface area contributed by atoms with Crippen LogP contribution in [0.2, 0.25) is 0 Å². The summed E-state index contributed by atoms with van der Waals surface area (Å²) in [6.07, 6.45) is 2.04. The van der Waals surface area contributed by atoms with Gasteiger partial charge in [-0.1, -0.05) is 0 Å². The lowest BCUT2D eigenvalue weighted by Gasteiger charge is -2.38. The molecule has 1 aliphatic carbocycles. The van der Waals surface area contributed by atoms with Crippen molar-refractivity contribution in [2.45, 2.75) is 30.0 Å². The van der Waals surface area contributed by atoms with E-state index < -0.39 is 14.9 Å². The summed E-state index contributed by atoms with van der Waals surface area (Å²) in [6.45, 7) is 2.09. The fourth-order valence-corrected chi connectivity index (χ4v) is 3.47. The average molecular weight is 356 g/mol. The highest BCUT2D eigenvalue weighted by atomic mass is 32.2. The molecule has 0 aromatic heterocycles. The molecule has 10 heteroatoms. The van der Waals surface area contributed by atoms with Gasteiger partial charge in [0.2, 0.25) is 10.0 Å². The molecule has 1 aromatic rings. The van der Waals surface area contributed by atoms with E-state index in [4.69, 9.17) is 9.88 Å². The van der Waals surface area contributed by atoms with Crippen molar-refractivity contribution in [1.29, 1.82) is 0 Å². The van der Waals surface area contributed by atoms with Crippen molar-refractivity contribution in [3.8, 4) is 0 Å². The van der Waals surface area contributed by atoms with E-state index in [1.54, 1.807) is 11.9 Å². The number of hydrogen-bond donors (Lipinski definition) is 1. The van der Waals surface area contributed by atoms with Gasteiger partial charge in [0.25, 0.3) is 5.69 Å². The molecule has 0 spiro atoms. The van der Waals surface area contributed by atoms with Crippen molar-refractivity contribution in [3.05, 3.63) is 28.3 Å². The first-order valence-corrected chi connectivity index (χ1v) is 9.22. The summed E-state index contributed by atoms with van der Waals surface area (Å²) in [5.74, 6) is 0. The van der Waals surface area contributed by atoms with Gasteiger partial charge in [-0.05, 0) is 25.0 Å². The summed E-state index contributed by atoms with van der Waals surface area (Å²) in [6, 6.07) is 4.25. The lowest BCUT2D eigenvalue weighted by molar-refractivity contribution is -0.384. The van der Waals surface area contributed by atoms with Crippen LogP contribution in [0, 0.1) is 10.1 Å². The fourth-order valence-electron chi connectivity index (χ4n) is 2.94. The van der Waals surface area contributed by atoms with Gasteiger partial charge in [0, 0.05) is 32.2 Å². The van der Waals surface area contributed by atoms with Crippen LogP contribution in [0.5, 0.6) is 0 Å². The maximum atomic E-state index is 11.4. The van der Waals surface area contributed by atoms with Gasteiger partial charge in [-0.2, -0.15) is 0 Å². The van der Waals surface area contributed by atoms with E-state index in [0.29, 0.717) is 24.9 Å². The van der Waals surface area contributed by atoms with Crippen molar-refractivity contribution < 1.29 is 18.1 Å². The Balaban J connectivity index is 1.88. The van der Waals surface area contributed by atoms with Gasteiger partial charge in [-0.15, -0.1) is 0 Å². The summed E-state index contributed by atoms with van der Waals surface area (Å²) >= 11 is 0. The fraction of sp³-hybridized carbons (Fsp3) is 0.571. The van der Waals surface area contributed by atoms with Crippen LogP contribution >= 0.6 is 0 Å². The molecule has 0 amide bonds. The Morgan fingerprint density at radius 3 is 2.71 bits per heavy atom. The van der Waals surface area contributed by atoms with Gasteiger partial charge >= 0.3 is 0 Å². The first kappa shape index (κ1) is 17.1. The van der Waals surface area contributed by atoms with E-state index in [9.17, 15) is 18.5 Å². The lowest BCUT2D eigenvalue weighted by atomic mass is 10.2. The minimum atomic E-state index is -4.00. The summed E-state index contributed by atoms with van der Waals surface area (Å²) in [5.41, 5.74) is -0.00813. The Kier molecular flexibility index (Phi) is 4.47. The minimum Gasteiger partial charge on any atom is -0.356 e. The molecule has 0 radical (unpaired) electrons. The number of nitrogens with two attached hydrogens (primary N) is 1. The van der Waals surface area contributed by atoms with E-state index in [2.05, 4.69) is 4.90 Å². The van der Waals surface area contributed by atoms with Crippen LogP contribution in [-0.2, 0) is 14.8 Å². The van der Waals surface area contributed by atoms with Crippen LogP contribution in [0.1, 0.15) is 12.8 Å². The monoisotopic (exact) mass is 356 g/mol. The van der Waals surface area contributed by atoms with Crippen molar-refractivity contribution in [1.82, 2.24) is 4.90 Å². The normalized spacial score (nSPS) is 22.3. The quantitative estimate of drug-likeness (QED) is 0.602. The predicted molar refractivity (Wildman–Crippen MR) is 87.2 cm³/mol. The third kappa shape index (κ3) is 3.51. The molecular formula is C14H20N4O5S. The zero-order valence-corrected chi connectivity index (χ0v) is 14.1. The van der Waals surface area contributed by atoms with Gasteiger partial charge in [-0.25, -0.2) is 13.6 Å². The smallest absolute Gasteiger partial charge is 0.293 e. The topological polar surface area (TPSA) is 119 Å². The number of morpholine rings is 1. The third-order valence-corrected chi connectivity index (χ3v) is 5.34. The SMILES string of the molecule is CN(c1ccc(S(N)(=O)=O)cc1[N+](=O)[O-])[C@H]1CN(C2CC2)CCO1. The molecule has 2 fully saturated rings. The van der Waals surface area contributed by atoms with Gasteiger partial charge in [0.1, 0.15) is 11.9 Å². The van der Waals surface area contributed by atoms with Crippen molar-refractivity contribution >= 4 is 21.4 Å². The van der Waals surface area contributed by atoms with Crippen LogP contribution in [0.4, 0.5) is 11.4 Å². The molecule has 1 saturated heterocycles. The van der Waals surface area contributed by atoms with Crippen LogP contribution in [-0.4, -0.2) is 57.3 Å². The van der Waals surface area contributed by atoms with Crippen LogP contribution in [0.3, 0.4) is 0 Å². The van der Waals surface area contributed by atoms with E-state index in [0.717, 1.165) is 12.6 Å². The first-order chi connectivity index (χ1) is 11.3. The zero-order chi connectivity index (χ0) is 17.5. The Morgan fingerprint density at radius 1 is 1.42 bits per heavy atom. The Labute approximate surface area is 140 Å². The number of ether oxygens (including phenoxy) is 1. The van der Waals surface area contributed by atoms with E-state index in [1.165, 1.54) is 25.0 Å². The summed E-state index contributed by atoms with van der Waals surface area (Å²) in [5, 5.41) is 16.4. The molecule has 1 aromatic carbocycles. The van der Waals surface area contributed by atoms with Crippen molar-refractivity contribution in [3.63, 3.8) is 0 Å². The highest BCUT2D eigenvalue weighted by Gasteiger charge is 2.35. The molecule has 2 N–H and O–H groups in total. The molecule has 1 saturated carbocycles. The second-order valence-electron chi connectivity index (χ2n) is 6.12. The Bertz CT molecular complexity index is 750. The number of nitro groups is 1. The number of hydrogen-bond acceptors (Lipinski definition) is 7. The average Bonchev–Trinajstić information content (AvgIpc) is 3.37. The van der Waals surface area contributed by atoms with E-state index >= 15 is 0 Å². The molecule has 24 heavy (non-hydrogen) atoms. The standard InChI is InChI=1S/C14H20N4O5S/c1-16(14-9-17(6-7-23-14)10-2-3-10)12-5-4-11(24(15,21)22)8-13(12)18(19)20/h4-5,8,10,14H,2-3,6-7,9H2,1H3,(H2,15,21,22)/t14-/m1/s1. The first-order valence-electron chi connectivity index (χ1n) is 7.67. The second kappa shape index (κ2) is 6.28. The minimum absolute atomic E-state index is 0.282. The zero-order valence-electron chi connectivity index (χ0n) is 13.3. The molecule has 1 heterocycles. The number of benzene rings is 1. The summed E-state index contributed by atoms with van der Waals surface area (Å²) < 4.78 is 28.6. The maximum Gasteiger partial charge on any atom is 0.293 e. The molecule has 132 valence electrons. The lowest BCUT2D eigenvalue weighted by Crippen LogP contribution is -2.50. The second-order valence-corrected chi connectivity index (χ2v) is 7.68. The summed E-state index contributed by atoms with van der Waals surface area (Å²) in [4.78, 5) is 14.5. The Morgan fingerprint density at radius 2 is 2.12 bits per heavy atom. The number of rotatable bonds is 5. The molecule has 1 aliphatic heterocycles. The van der Waals surface area contributed by atoms with Gasteiger partial charge in [-0.3, -0.25) is 15.0 Å². The third-order valence-electron chi connectivity index (χ3n) is 4.43.